The van der Waals surface area contributed by atoms with Gasteiger partial charge in [0.25, 0.3) is 11.5 Å². The van der Waals surface area contributed by atoms with E-state index in [0.29, 0.717) is 39.2 Å². The van der Waals surface area contributed by atoms with Crippen LogP contribution in [0, 0.1) is 0 Å². The summed E-state index contributed by atoms with van der Waals surface area (Å²) in [5.74, 6) is -2.25. The molecule has 1 heterocycles. The highest BCUT2D eigenvalue weighted by Crippen LogP contribution is 2.44. The van der Waals surface area contributed by atoms with Gasteiger partial charge in [-0.1, -0.05) is 36.4 Å². The number of carbonyl (C=O) groups is 3. The molecule has 4 aromatic rings. The fraction of sp³-hybridized carbons (Fsp3) is 0.233. The Bertz CT molecular complexity index is 1510. The number of aliphatic hydroxyl groups is 1. The molecule has 1 amide bonds. The van der Waals surface area contributed by atoms with E-state index in [1.54, 1.807) is 92.2 Å². The van der Waals surface area contributed by atoms with Crippen LogP contribution < -0.4 is 10.1 Å². The average Bonchev–Trinajstić information content (AvgIpc) is 3.25. The van der Waals surface area contributed by atoms with Crippen molar-refractivity contribution in [2.24, 2.45) is 7.05 Å². The van der Waals surface area contributed by atoms with Crippen molar-refractivity contribution in [3.05, 3.63) is 83.9 Å². The summed E-state index contributed by atoms with van der Waals surface area (Å²) in [5.41, 5.74) is -0.704. The highest BCUT2D eigenvalue weighted by molar-refractivity contribution is 6.12. The summed E-state index contributed by atoms with van der Waals surface area (Å²) in [6.07, 6.45) is 0. The van der Waals surface area contributed by atoms with Gasteiger partial charge in [0.2, 0.25) is 0 Å². The largest absolute Gasteiger partial charge is 0.497 e. The molecule has 2 N–H and O–H groups in total. The van der Waals surface area contributed by atoms with Crippen molar-refractivity contribution in [3.8, 4) is 17.0 Å². The number of nitrogens with zero attached hydrogens (tertiary/aromatic N) is 1. The van der Waals surface area contributed by atoms with E-state index in [4.69, 9.17) is 14.2 Å². The van der Waals surface area contributed by atoms with Gasteiger partial charge >= 0.3 is 11.9 Å². The fourth-order valence-electron chi connectivity index (χ4n) is 4.57. The highest BCUT2D eigenvalue weighted by atomic mass is 16.6. The van der Waals surface area contributed by atoms with E-state index in [-0.39, 0.29) is 24.7 Å². The van der Waals surface area contributed by atoms with E-state index in [0.717, 1.165) is 0 Å². The van der Waals surface area contributed by atoms with Gasteiger partial charge in [0.1, 0.15) is 5.75 Å². The number of ether oxygens (including phenoxy) is 3. The average molecular weight is 531 g/mol. The van der Waals surface area contributed by atoms with Gasteiger partial charge in [-0.05, 0) is 50.2 Å². The van der Waals surface area contributed by atoms with Crippen LogP contribution in [0.25, 0.3) is 22.2 Å². The van der Waals surface area contributed by atoms with Crippen molar-refractivity contribution >= 4 is 34.4 Å². The quantitative estimate of drug-likeness (QED) is 0.243. The van der Waals surface area contributed by atoms with E-state index < -0.39 is 17.5 Å². The Hall–Kier alpha value is -4.63. The second-order valence-corrected chi connectivity index (χ2v) is 8.68. The maximum atomic E-state index is 13.3. The molecule has 202 valence electrons. The molecule has 0 spiro atoms. The number of hydrogen-bond donors (Lipinski definition) is 2. The molecule has 9 heteroatoms. The second kappa shape index (κ2) is 11.4. The predicted molar refractivity (Wildman–Crippen MR) is 146 cm³/mol. The fourth-order valence-corrected chi connectivity index (χ4v) is 4.57. The van der Waals surface area contributed by atoms with Crippen molar-refractivity contribution in [2.45, 2.75) is 19.4 Å². The lowest BCUT2D eigenvalue weighted by molar-refractivity contribution is -0.184. The highest BCUT2D eigenvalue weighted by Gasteiger charge is 2.53. The normalized spacial score (nSPS) is 11.2. The number of benzene rings is 3. The molecule has 3 aromatic carbocycles. The number of amides is 1. The van der Waals surface area contributed by atoms with E-state index in [2.05, 4.69) is 5.32 Å². The maximum Gasteiger partial charge on any atom is 0.355 e. The number of carbonyl (C=O) groups excluding carboxylic acids is 3. The molecule has 0 saturated heterocycles. The van der Waals surface area contributed by atoms with Gasteiger partial charge in [0.05, 0.1) is 31.7 Å². The number of hydrogen-bond acceptors (Lipinski definition) is 7. The molecule has 0 atom stereocenters. The molecule has 0 radical (unpaired) electrons. The number of esters is 2. The van der Waals surface area contributed by atoms with E-state index in [1.165, 1.54) is 7.11 Å². The van der Waals surface area contributed by atoms with Gasteiger partial charge in [0.15, 0.2) is 0 Å². The van der Waals surface area contributed by atoms with Crippen LogP contribution in [0.3, 0.4) is 0 Å². The number of fused-ring (bicyclic) bond motifs is 1. The third-order valence-corrected chi connectivity index (χ3v) is 6.38. The Labute approximate surface area is 225 Å². The summed E-state index contributed by atoms with van der Waals surface area (Å²) >= 11 is 0. The zero-order valence-corrected chi connectivity index (χ0v) is 22.2. The molecule has 0 fully saturated rings. The molecule has 9 nitrogen and oxygen atoms in total. The number of aryl methyl sites for hydroxylation is 1. The minimum atomic E-state index is -2.80. The smallest absolute Gasteiger partial charge is 0.355 e. The Kier molecular flexibility index (Phi) is 8.01. The zero-order chi connectivity index (χ0) is 28.2. The summed E-state index contributed by atoms with van der Waals surface area (Å²) < 4.78 is 17.6. The number of nitrogens with one attached hydrogen (secondary N) is 1. The van der Waals surface area contributed by atoms with Crippen molar-refractivity contribution < 1.29 is 33.7 Å². The topological polar surface area (TPSA) is 116 Å². The van der Waals surface area contributed by atoms with E-state index in [9.17, 15) is 19.5 Å². The maximum absolute atomic E-state index is 13.3. The Morgan fingerprint density at radius 2 is 1.51 bits per heavy atom. The lowest BCUT2D eigenvalue weighted by Gasteiger charge is -2.26. The van der Waals surface area contributed by atoms with E-state index in [1.807, 2.05) is 6.07 Å². The third kappa shape index (κ3) is 4.96. The van der Waals surface area contributed by atoms with E-state index >= 15 is 0 Å². The monoisotopic (exact) mass is 530 g/mol. The van der Waals surface area contributed by atoms with Gasteiger partial charge in [-0.15, -0.1) is 0 Å². The van der Waals surface area contributed by atoms with Crippen molar-refractivity contribution in [1.29, 1.82) is 0 Å². The first-order chi connectivity index (χ1) is 18.8. The number of rotatable bonds is 9. The van der Waals surface area contributed by atoms with Crippen LogP contribution in [0.5, 0.6) is 5.75 Å². The van der Waals surface area contributed by atoms with Crippen LogP contribution in [-0.4, -0.2) is 47.8 Å². The third-order valence-electron chi connectivity index (χ3n) is 6.38. The number of para-hydroxylation sites is 1. The second-order valence-electron chi connectivity index (χ2n) is 8.68. The molecule has 0 unspecified atom stereocenters. The molecular formula is C30H30N2O7. The number of methoxy groups -OCH3 is 1. The van der Waals surface area contributed by atoms with Crippen LogP contribution in [0.15, 0.2) is 72.8 Å². The SMILES string of the molecule is CCOC(=O)C(O)(C(=O)OCC)c1c(-c2cc(OC)ccc2NC(=O)c2ccccc2)n(C)c2ccccc12. The number of aromatic nitrogens is 1. The standard InChI is InChI=1S/C30H30N2O7/c1-5-38-28(34)30(36,29(35)39-6-2)25-21-14-10-11-15-24(21)32(3)26(25)22-18-20(37-4)16-17-23(22)31-27(33)19-12-8-7-9-13-19/h7-18,36H,5-6H2,1-4H3,(H,31,33). The first-order valence-electron chi connectivity index (χ1n) is 12.5. The number of anilines is 1. The molecule has 0 aliphatic heterocycles. The summed E-state index contributed by atoms with van der Waals surface area (Å²) in [6, 6.07) is 20.7. The Morgan fingerprint density at radius 1 is 0.897 bits per heavy atom. The van der Waals surface area contributed by atoms with Crippen LogP contribution in [0.2, 0.25) is 0 Å². The van der Waals surface area contributed by atoms with Crippen LogP contribution >= 0.6 is 0 Å². The Balaban J connectivity index is 2.05. The molecule has 0 bridgehead atoms. The van der Waals surface area contributed by atoms with Crippen LogP contribution in [-0.2, 0) is 31.7 Å². The molecule has 1 aromatic heterocycles. The minimum absolute atomic E-state index is 0.0269. The molecule has 39 heavy (non-hydrogen) atoms. The minimum Gasteiger partial charge on any atom is -0.497 e. The van der Waals surface area contributed by atoms with Gasteiger partial charge < -0.3 is 29.2 Å². The van der Waals surface area contributed by atoms with Crippen LogP contribution in [0.1, 0.15) is 29.8 Å². The first-order valence-corrected chi connectivity index (χ1v) is 12.5. The van der Waals surface area contributed by atoms with Crippen molar-refractivity contribution in [2.75, 3.05) is 25.6 Å². The van der Waals surface area contributed by atoms with Gasteiger partial charge in [-0.2, -0.15) is 0 Å². The zero-order valence-electron chi connectivity index (χ0n) is 22.2. The Morgan fingerprint density at radius 3 is 2.13 bits per heavy atom. The molecule has 0 aliphatic rings. The molecule has 4 rings (SSSR count). The summed E-state index contributed by atoms with van der Waals surface area (Å²) in [7, 11) is 3.23. The predicted octanol–water partition coefficient (Wildman–Crippen LogP) is 4.42. The lowest BCUT2D eigenvalue weighted by atomic mass is 9.88. The lowest BCUT2D eigenvalue weighted by Crippen LogP contribution is -2.46. The van der Waals surface area contributed by atoms with Crippen LogP contribution in [0.4, 0.5) is 5.69 Å². The first kappa shape index (κ1) is 27.4. The van der Waals surface area contributed by atoms with Gasteiger partial charge in [0, 0.05) is 34.6 Å². The summed E-state index contributed by atoms with van der Waals surface area (Å²) in [4.78, 5) is 39.8. The molecule has 0 saturated carbocycles. The van der Waals surface area contributed by atoms with Crippen molar-refractivity contribution in [1.82, 2.24) is 4.57 Å². The molecular weight excluding hydrogens is 500 g/mol. The summed E-state index contributed by atoms with van der Waals surface area (Å²) in [6.45, 7) is 3.01. The van der Waals surface area contributed by atoms with Crippen molar-refractivity contribution in [3.63, 3.8) is 0 Å². The van der Waals surface area contributed by atoms with Gasteiger partial charge in [-0.25, -0.2) is 9.59 Å². The van der Waals surface area contributed by atoms with Gasteiger partial charge in [-0.3, -0.25) is 4.79 Å². The summed E-state index contributed by atoms with van der Waals surface area (Å²) in [5, 5.41) is 15.3. The molecule has 0 aliphatic carbocycles.